The summed E-state index contributed by atoms with van der Waals surface area (Å²) in [6.45, 7) is 10.1. The van der Waals surface area contributed by atoms with Crippen LogP contribution in [-0.2, 0) is 4.79 Å². The number of primary amides is 1. The van der Waals surface area contributed by atoms with E-state index in [1.54, 1.807) is 0 Å². The second kappa shape index (κ2) is 8.98. The zero-order valence-corrected chi connectivity index (χ0v) is 14.3. The molecule has 1 aliphatic rings. The van der Waals surface area contributed by atoms with Crippen molar-refractivity contribution in [1.82, 2.24) is 15.5 Å². The maximum absolute atomic E-state index is 11.9. The monoisotopic (exact) mass is 312 g/mol. The number of rotatable bonds is 8. The molecule has 22 heavy (non-hydrogen) atoms. The summed E-state index contributed by atoms with van der Waals surface area (Å²) >= 11 is 0. The van der Waals surface area contributed by atoms with E-state index in [-0.39, 0.29) is 11.4 Å². The molecular weight excluding hydrogens is 280 g/mol. The van der Waals surface area contributed by atoms with Crippen LogP contribution in [0.1, 0.15) is 52.9 Å². The quantitative estimate of drug-likeness (QED) is 0.593. The molecular formula is C16H32N4O2. The summed E-state index contributed by atoms with van der Waals surface area (Å²) < 4.78 is 0. The van der Waals surface area contributed by atoms with Gasteiger partial charge in [0.2, 0.25) is 5.91 Å². The lowest BCUT2D eigenvalue weighted by atomic mass is 9.93. The highest BCUT2D eigenvalue weighted by Gasteiger charge is 2.30. The highest BCUT2D eigenvalue weighted by Crippen LogP contribution is 2.23. The number of amides is 3. The average molecular weight is 312 g/mol. The lowest BCUT2D eigenvalue weighted by molar-refractivity contribution is -0.121. The van der Waals surface area contributed by atoms with Crippen LogP contribution in [0.25, 0.3) is 0 Å². The molecule has 128 valence electrons. The van der Waals surface area contributed by atoms with Crippen LogP contribution in [0.15, 0.2) is 0 Å². The summed E-state index contributed by atoms with van der Waals surface area (Å²) in [7, 11) is 0. The van der Waals surface area contributed by atoms with Gasteiger partial charge in [0.1, 0.15) is 0 Å². The van der Waals surface area contributed by atoms with Gasteiger partial charge in [0, 0.05) is 31.6 Å². The van der Waals surface area contributed by atoms with Crippen molar-refractivity contribution in [2.75, 3.05) is 26.2 Å². The molecule has 1 unspecified atom stereocenters. The Morgan fingerprint density at radius 3 is 2.64 bits per heavy atom. The molecule has 1 fully saturated rings. The number of urea groups is 1. The van der Waals surface area contributed by atoms with Gasteiger partial charge in [-0.2, -0.15) is 0 Å². The van der Waals surface area contributed by atoms with Gasteiger partial charge in [-0.1, -0.05) is 6.92 Å². The Labute approximate surface area is 134 Å². The van der Waals surface area contributed by atoms with Crippen LogP contribution >= 0.6 is 0 Å². The summed E-state index contributed by atoms with van der Waals surface area (Å²) in [6.07, 6.45) is 4.56. The third kappa shape index (κ3) is 7.11. The van der Waals surface area contributed by atoms with Crippen molar-refractivity contribution in [2.45, 2.75) is 58.4 Å². The molecule has 1 aliphatic heterocycles. The lowest BCUT2D eigenvalue weighted by Crippen LogP contribution is -2.54. The van der Waals surface area contributed by atoms with Crippen molar-refractivity contribution in [3.8, 4) is 0 Å². The summed E-state index contributed by atoms with van der Waals surface area (Å²) in [5.41, 5.74) is 4.97. The number of nitrogens with two attached hydrogens (primary N) is 1. The summed E-state index contributed by atoms with van der Waals surface area (Å²) in [5.74, 6) is 0.818. The van der Waals surface area contributed by atoms with Gasteiger partial charge in [-0.15, -0.1) is 0 Å². The van der Waals surface area contributed by atoms with E-state index in [0.717, 1.165) is 31.8 Å². The fourth-order valence-corrected chi connectivity index (χ4v) is 2.88. The van der Waals surface area contributed by atoms with Crippen molar-refractivity contribution in [1.29, 1.82) is 0 Å². The maximum Gasteiger partial charge on any atom is 0.312 e. The lowest BCUT2D eigenvalue weighted by Gasteiger charge is -2.43. The minimum atomic E-state index is -0.512. The zero-order chi connectivity index (χ0) is 16.6. The van der Waals surface area contributed by atoms with Gasteiger partial charge in [0.25, 0.3) is 0 Å². The fraction of sp³-hybridized carbons (Fsp3) is 0.875. The predicted octanol–water partition coefficient (Wildman–Crippen LogP) is 1.45. The number of hydrogen-bond donors (Lipinski definition) is 3. The number of carbonyl (C=O) groups is 2. The SMILES string of the molecule is CC1CCCN(C(C)(C)CNC(=O)CCCCNC(N)=O)C1. The van der Waals surface area contributed by atoms with Crippen LogP contribution in [0.4, 0.5) is 4.79 Å². The third-order valence-electron chi connectivity index (χ3n) is 4.36. The summed E-state index contributed by atoms with van der Waals surface area (Å²) in [4.78, 5) is 24.9. The van der Waals surface area contributed by atoms with Gasteiger partial charge >= 0.3 is 6.03 Å². The number of nitrogens with one attached hydrogen (secondary N) is 2. The number of carbonyl (C=O) groups excluding carboxylic acids is 2. The predicted molar refractivity (Wildman–Crippen MR) is 88.5 cm³/mol. The molecule has 1 heterocycles. The van der Waals surface area contributed by atoms with E-state index in [9.17, 15) is 9.59 Å². The smallest absolute Gasteiger partial charge is 0.312 e. The molecule has 1 rings (SSSR count). The molecule has 0 aromatic carbocycles. The van der Waals surface area contributed by atoms with Crippen LogP contribution in [0, 0.1) is 5.92 Å². The van der Waals surface area contributed by atoms with E-state index in [0.29, 0.717) is 19.5 Å². The highest BCUT2D eigenvalue weighted by atomic mass is 16.2. The van der Waals surface area contributed by atoms with E-state index < -0.39 is 6.03 Å². The van der Waals surface area contributed by atoms with Gasteiger partial charge in [0.05, 0.1) is 0 Å². The van der Waals surface area contributed by atoms with Crippen LogP contribution in [0.2, 0.25) is 0 Å². The molecule has 3 amide bonds. The Balaban J connectivity index is 2.20. The van der Waals surface area contributed by atoms with Crippen molar-refractivity contribution < 1.29 is 9.59 Å². The van der Waals surface area contributed by atoms with Gasteiger partial charge in [-0.05, 0) is 52.0 Å². The number of hydrogen-bond acceptors (Lipinski definition) is 3. The number of likely N-dealkylation sites (tertiary alicyclic amines) is 1. The molecule has 0 saturated carbocycles. The maximum atomic E-state index is 11.9. The zero-order valence-electron chi connectivity index (χ0n) is 14.3. The molecule has 0 bridgehead atoms. The van der Waals surface area contributed by atoms with Gasteiger partial charge < -0.3 is 16.4 Å². The first-order valence-electron chi connectivity index (χ1n) is 8.36. The highest BCUT2D eigenvalue weighted by molar-refractivity contribution is 5.75. The fourth-order valence-electron chi connectivity index (χ4n) is 2.88. The van der Waals surface area contributed by atoms with Crippen LogP contribution < -0.4 is 16.4 Å². The molecule has 1 saturated heterocycles. The Kier molecular flexibility index (Phi) is 7.65. The standard InChI is InChI=1S/C16H32N4O2/c1-13-7-6-10-20(11-13)16(2,3)12-19-14(21)8-4-5-9-18-15(17)22/h13H,4-12H2,1-3H3,(H,19,21)(H3,17,18,22). The molecule has 0 radical (unpaired) electrons. The molecule has 6 nitrogen and oxygen atoms in total. The van der Waals surface area contributed by atoms with E-state index in [2.05, 4.69) is 36.3 Å². The second-order valence-electron chi connectivity index (χ2n) is 7.03. The molecule has 0 aromatic rings. The van der Waals surface area contributed by atoms with Crippen LogP contribution in [0.3, 0.4) is 0 Å². The Morgan fingerprint density at radius 1 is 1.27 bits per heavy atom. The Bertz CT molecular complexity index is 371. The largest absolute Gasteiger partial charge is 0.354 e. The van der Waals surface area contributed by atoms with Crippen LogP contribution in [0.5, 0.6) is 0 Å². The molecule has 1 atom stereocenters. The van der Waals surface area contributed by atoms with Gasteiger partial charge in [-0.25, -0.2) is 4.79 Å². The molecule has 4 N–H and O–H groups in total. The van der Waals surface area contributed by atoms with Crippen molar-refractivity contribution >= 4 is 11.9 Å². The van der Waals surface area contributed by atoms with Crippen molar-refractivity contribution in [3.05, 3.63) is 0 Å². The van der Waals surface area contributed by atoms with Crippen molar-refractivity contribution in [3.63, 3.8) is 0 Å². The van der Waals surface area contributed by atoms with Gasteiger partial charge in [-0.3, -0.25) is 9.69 Å². The van der Waals surface area contributed by atoms with E-state index in [1.165, 1.54) is 12.8 Å². The first-order valence-corrected chi connectivity index (χ1v) is 8.36. The number of nitrogens with zero attached hydrogens (tertiary/aromatic N) is 1. The summed E-state index contributed by atoms with van der Waals surface area (Å²) in [6, 6.07) is -0.512. The first-order chi connectivity index (χ1) is 10.3. The molecule has 0 aliphatic carbocycles. The third-order valence-corrected chi connectivity index (χ3v) is 4.36. The molecule has 0 aromatic heterocycles. The normalized spacial score (nSPS) is 19.7. The minimum absolute atomic E-state index is 0.00212. The average Bonchev–Trinajstić information content (AvgIpc) is 2.44. The second-order valence-corrected chi connectivity index (χ2v) is 7.03. The molecule has 0 spiro atoms. The Hall–Kier alpha value is -1.30. The van der Waals surface area contributed by atoms with E-state index in [1.807, 2.05) is 0 Å². The topological polar surface area (TPSA) is 87.5 Å². The minimum Gasteiger partial charge on any atom is -0.354 e. The van der Waals surface area contributed by atoms with Gasteiger partial charge in [0.15, 0.2) is 0 Å². The molecule has 6 heteroatoms. The first kappa shape index (κ1) is 18.7. The number of unbranched alkanes of at least 4 members (excludes halogenated alkanes) is 1. The Morgan fingerprint density at radius 2 is 2.00 bits per heavy atom. The van der Waals surface area contributed by atoms with Crippen molar-refractivity contribution in [2.24, 2.45) is 11.7 Å². The number of piperidine rings is 1. The van der Waals surface area contributed by atoms with E-state index in [4.69, 9.17) is 5.73 Å². The van der Waals surface area contributed by atoms with Crippen LogP contribution in [-0.4, -0.2) is 48.6 Å². The van der Waals surface area contributed by atoms with E-state index >= 15 is 0 Å². The summed E-state index contributed by atoms with van der Waals surface area (Å²) in [5, 5.41) is 5.57.